The number of benzene rings is 2. The first-order chi connectivity index (χ1) is 13.8. The number of primary amides is 1. The topological polar surface area (TPSA) is 114 Å². The van der Waals surface area contributed by atoms with Crippen LogP contribution in [0.2, 0.25) is 0 Å². The van der Waals surface area contributed by atoms with Crippen molar-refractivity contribution in [1.82, 2.24) is 9.78 Å². The molecule has 29 heavy (non-hydrogen) atoms. The summed E-state index contributed by atoms with van der Waals surface area (Å²) in [6.45, 7) is 4.42. The predicted octanol–water partition coefficient (Wildman–Crippen LogP) is 2.98. The molecule has 0 atom stereocenters. The summed E-state index contributed by atoms with van der Waals surface area (Å²) in [4.78, 5) is 24.7. The second-order valence-electron chi connectivity index (χ2n) is 6.87. The molecule has 148 valence electrons. The molecule has 3 aromatic rings. The highest BCUT2D eigenvalue weighted by atomic mass is 19.1. The summed E-state index contributed by atoms with van der Waals surface area (Å²) in [6.07, 6.45) is 0. The second kappa shape index (κ2) is 8.02. The summed E-state index contributed by atoms with van der Waals surface area (Å²) >= 11 is 0. The number of carbonyl (C=O) groups excluding carboxylic acids is 1. The van der Waals surface area contributed by atoms with Gasteiger partial charge in [-0.2, -0.15) is 5.26 Å². The van der Waals surface area contributed by atoms with Gasteiger partial charge in [-0.25, -0.2) is 9.07 Å². The molecule has 0 aliphatic rings. The largest absolute Gasteiger partial charge is 0.492 e. The molecule has 2 aromatic carbocycles. The monoisotopic (exact) mass is 394 g/mol. The highest BCUT2D eigenvalue weighted by Gasteiger charge is 2.22. The maximum absolute atomic E-state index is 13.2. The molecule has 0 bridgehead atoms. The van der Waals surface area contributed by atoms with E-state index >= 15 is 0 Å². The number of H-pyrrole nitrogens is 1. The normalized spacial score (nSPS) is 10.7. The Morgan fingerprint density at radius 1 is 1.28 bits per heavy atom. The first-order valence-corrected chi connectivity index (χ1v) is 8.90. The van der Waals surface area contributed by atoms with E-state index in [4.69, 9.17) is 10.5 Å². The molecule has 7 nitrogen and oxygen atoms in total. The molecule has 0 aliphatic heterocycles. The standard InChI is InChI=1S/C21H19FN4O3/c1-12(2)11-29-17-8-3-13(9-14(17)10-23)19-18(20(24)27)21(28)26(25-19)16-6-4-15(22)5-7-16/h3-9,12,25H,11H2,1-2H3,(H2,24,27). The number of nitriles is 1. The van der Waals surface area contributed by atoms with E-state index in [9.17, 15) is 19.2 Å². The summed E-state index contributed by atoms with van der Waals surface area (Å²) in [7, 11) is 0. The lowest BCUT2D eigenvalue weighted by Crippen LogP contribution is -2.24. The third-order valence-electron chi connectivity index (χ3n) is 4.18. The third kappa shape index (κ3) is 4.04. The van der Waals surface area contributed by atoms with Crippen molar-refractivity contribution in [3.63, 3.8) is 0 Å². The van der Waals surface area contributed by atoms with Crippen LogP contribution in [0.25, 0.3) is 16.9 Å². The van der Waals surface area contributed by atoms with E-state index in [1.54, 1.807) is 12.1 Å². The van der Waals surface area contributed by atoms with Gasteiger partial charge in [-0.05, 0) is 48.4 Å². The van der Waals surface area contributed by atoms with Crippen molar-refractivity contribution >= 4 is 5.91 Å². The highest BCUT2D eigenvalue weighted by molar-refractivity contribution is 5.98. The lowest BCUT2D eigenvalue weighted by atomic mass is 10.0. The number of nitrogens with two attached hydrogens (primary N) is 1. The van der Waals surface area contributed by atoms with Crippen LogP contribution in [0, 0.1) is 23.1 Å². The molecule has 0 unspecified atom stereocenters. The van der Waals surface area contributed by atoms with Crippen LogP contribution < -0.4 is 16.0 Å². The molecule has 1 aromatic heterocycles. The third-order valence-corrected chi connectivity index (χ3v) is 4.18. The molecule has 0 fully saturated rings. The molecule has 0 saturated heterocycles. The van der Waals surface area contributed by atoms with Crippen molar-refractivity contribution in [1.29, 1.82) is 5.26 Å². The van der Waals surface area contributed by atoms with Crippen LogP contribution in [0.15, 0.2) is 47.3 Å². The van der Waals surface area contributed by atoms with Gasteiger partial charge in [0.15, 0.2) is 0 Å². The van der Waals surface area contributed by atoms with E-state index in [0.717, 1.165) is 4.68 Å². The van der Waals surface area contributed by atoms with Crippen LogP contribution in [0.5, 0.6) is 5.75 Å². The first kappa shape index (κ1) is 19.9. The number of hydrogen-bond acceptors (Lipinski definition) is 4. The lowest BCUT2D eigenvalue weighted by molar-refractivity contribution is 0.1000. The van der Waals surface area contributed by atoms with Gasteiger partial charge in [0, 0.05) is 5.56 Å². The molecule has 0 spiro atoms. The van der Waals surface area contributed by atoms with Gasteiger partial charge in [0.25, 0.3) is 11.5 Å². The summed E-state index contributed by atoms with van der Waals surface area (Å²) in [5, 5.41) is 12.3. The van der Waals surface area contributed by atoms with Gasteiger partial charge in [0.2, 0.25) is 0 Å². The van der Waals surface area contributed by atoms with Gasteiger partial charge < -0.3 is 10.5 Å². The number of nitrogens with zero attached hydrogens (tertiary/aromatic N) is 2. The zero-order chi connectivity index (χ0) is 21.1. The van der Waals surface area contributed by atoms with Crippen molar-refractivity contribution in [2.24, 2.45) is 11.7 Å². The van der Waals surface area contributed by atoms with Crippen LogP contribution in [0.4, 0.5) is 4.39 Å². The molecule has 1 heterocycles. The Morgan fingerprint density at radius 2 is 1.97 bits per heavy atom. The maximum atomic E-state index is 13.2. The molecule has 0 aliphatic carbocycles. The Labute approximate surface area is 166 Å². The lowest BCUT2D eigenvalue weighted by Gasteiger charge is -2.11. The Bertz CT molecular complexity index is 1150. The minimum Gasteiger partial charge on any atom is -0.492 e. The van der Waals surface area contributed by atoms with Crippen LogP contribution in [-0.2, 0) is 0 Å². The van der Waals surface area contributed by atoms with Crippen LogP contribution >= 0.6 is 0 Å². The zero-order valence-corrected chi connectivity index (χ0v) is 15.9. The number of aromatic amines is 1. The van der Waals surface area contributed by atoms with E-state index in [0.29, 0.717) is 23.6 Å². The smallest absolute Gasteiger partial charge is 0.284 e. The van der Waals surface area contributed by atoms with Gasteiger partial charge >= 0.3 is 0 Å². The molecule has 1 amide bonds. The van der Waals surface area contributed by atoms with Gasteiger partial charge in [-0.1, -0.05) is 13.8 Å². The number of carbonyl (C=O) groups is 1. The van der Waals surface area contributed by atoms with E-state index in [1.807, 2.05) is 13.8 Å². The maximum Gasteiger partial charge on any atom is 0.284 e. The van der Waals surface area contributed by atoms with Gasteiger partial charge in [-0.15, -0.1) is 0 Å². The fourth-order valence-electron chi connectivity index (χ4n) is 2.80. The second-order valence-corrected chi connectivity index (χ2v) is 6.87. The number of aromatic nitrogens is 2. The zero-order valence-electron chi connectivity index (χ0n) is 15.9. The fourth-order valence-corrected chi connectivity index (χ4v) is 2.80. The average Bonchev–Trinajstić information content (AvgIpc) is 3.04. The first-order valence-electron chi connectivity index (χ1n) is 8.90. The van der Waals surface area contributed by atoms with E-state index in [-0.39, 0.29) is 22.7 Å². The highest BCUT2D eigenvalue weighted by Crippen LogP contribution is 2.27. The van der Waals surface area contributed by atoms with Crippen molar-refractivity contribution in [3.05, 3.63) is 69.8 Å². The molecular formula is C21H19FN4O3. The quantitative estimate of drug-likeness (QED) is 0.669. The summed E-state index contributed by atoms with van der Waals surface area (Å²) in [5.74, 6) is -0.685. The minimum absolute atomic E-state index is 0.165. The summed E-state index contributed by atoms with van der Waals surface area (Å²) in [6, 6.07) is 12.0. The Morgan fingerprint density at radius 3 is 2.55 bits per heavy atom. The van der Waals surface area contributed by atoms with Crippen molar-refractivity contribution in [2.75, 3.05) is 6.61 Å². The predicted molar refractivity (Wildman–Crippen MR) is 105 cm³/mol. The van der Waals surface area contributed by atoms with Crippen molar-refractivity contribution in [3.8, 4) is 28.8 Å². The number of ether oxygens (including phenoxy) is 1. The van der Waals surface area contributed by atoms with Gasteiger partial charge in [-0.3, -0.25) is 14.7 Å². The van der Waals surface area contributed by atoms with Crippen LogP contribution in [0.3, 0.4) is 0 Å². The van der Waals surface area contributed by atoms with Gasteiger partial charge in [0.1, 0.15) is 23.2 Å². The van der Waals surface area contributed by atoms with Crippen LogP contribution in [0.1, 0.15) is 29.8 Å². The minimum atomic E-state index is -0.916. The number of nitrogens with one attached hydrogen (secondary N) is 1. The summed E-state index contributed by atoms with van der Waals surface area (Å²) < 4.78 is 19.9. The molecular weight excluding hydrogens is 375 g/mol. The van der Waals surface area contributed by atoms with Gasteiger partial charge in [0.05, 0.1) is 23.6 Å². The van der Waals surface area contributed by atoms with E-state index in [1.165, 1.54) is 30.3 Å². The van der Waals surface area contributed by atoms with E-state index < -0.39 is 17.3 Å². The number of hydrogen-bond donors (Lipinski definition) is 2. The Kier molecular flexibility index (Phi) is 5.50. The number of amides is 1. The Hall–Kier alpha value is -3.86. The molecule has 8 heteroatoms. The van der Waals surface area contributed by atoms with Crippen LogP contribution in [-0.4, -0.2) is 22.3 Å². The molecule has 0 radical (unpaired) electrons. The SMILES string of the molecule is CC(C)COc1ccc(-c2[nH]n(-c3ccc(F)cc3)c(=O)c2C(N)=O)cc1C#N. The number of halogens is 1. The molecule has 3 N–H and O–H groups in total. The van der Waals surface area contributed by atoms with Crippen molar-refractivity contribution in [2.45, 2.75) is 13.8 Å². The van der Waals surface area contributed by atoms with Crippen molar-refractivity contribution < 1.29 is 13.9 Å². The average molecular weight is 394 g/mol. The fraction of sp³-hybridized carbons (Fsp3) is 0.190. The molecule has 3 rings (SSSR count). The Balaban J connectivity index is 2.12. The van der Waals surface area contributed by atoms with E-state index in [2.05, 4.69) is 11.2 Å². The number of rotatable bonds is 6. The summed E-state index contributed by atoms with van der Waals surface area (Å²) in [5.41, 5.74) is 5.68. The molecule has 0 saturated carbocycles.